The van der Waals surface area contributed by atoms with Crippen LogP contribution in [0.15, 0.2) is 35.8 Å². The van der Waals surface area contributed by atoms with Crippen LogP contribution in [0, 0.1) is 0 Å². The van der Waals surface area contributed by atoms with E-state index in [2.05, 4.69) is 0 Å². The summed E-state index contributed by atoms with van der Waals surface area (Å²) in [6.07, 6.45) is 3.11. The third kappa shape index (κ3) is 6.21. The first-order chi connectivity index (χ1) is 13.5. The van der Waals surface area contributed by atoms with E-state index in [0.717, 1.165) is 17.0 Å². The summed E-state index contributed by atoms with van der Waals surface area (Å²) >= 11 is 1.57. The van der Waals surface area contributed by atoms with Gasteiger partial charge in [-0.05, 0) is 36.9 Å². The molecule has 1 atom stereocenters. The number of nitrogens with zero attached hydrogens (tertiary/aromatic N) is 3. The zero-order valence-corrected chi connectivity index (χ0v) is 18.1. The van der Waals surface area contributed by atoms with Crippen LogP contribution in [0.4, 0.5) is 0 Å². The molecule has 154 valence electrons. The molecular weight excluding hydrogens is 374 g/mol. The first kappa shape index (κ1) is 22.2. The Labute approximate surface area is 171 Å². The highest BCUT2D eigenvalue weighted by molar-refractivity contribution is 7.10. The highest BCUT2D eigenvalue weighted by atomic mass is 32.1. The topological polar surface area (TPSA) is 54.8 Å². The van der Waals surface area contributed by atoms with Gasteiger partial charge in [-0.2, -0.15) is 0 Å². The van der Waals surface area contributed by atoms with Gasteiger partial charge in [0.15, 0.2) is 0 Å². The molecule has 0 spiro atoms. The van der Waals surface area contributed by atoms with Gasteiger partial charge < -0.3 is 19.1 Å². The van der Waals surface area contributed by atoms with Crippen molar-refractivity contribution in [3.63, 3.8) is 0 Å². The number of carbonyl (C=O) groups is 2. The van der Waals surface area contributed by atoms with Gasteiger partial charge in [0.05, 0.1) is 19.6 Å². The van der Waals surface area contributed by atoms with Crippen molar-refractivity contribution < 1.29 is 14.3 Å². The van der Waals surface area contributed by atoms with Crippen LogP contribution in [-0.4, -0.2) is 59.0 Å². The Morgan fingerprint density at radius 2 is 2.04 bits per heavy atom. The number of methoxy groups -OCH3 is 1. The molecule has 2 aromatic rings. The fourth-order valence-corrected chi connectivity index (χ4v) is 3.67. The van der Waals surface area contributed by atoms with Crippen molar-refractivity contribution >= 4 is 23.2 Å². The maximum Gasteiger partial charge on any atom is 0.242 e. The summed E-state index contributed by atoms with van der Waals surface area (Å²) in [6.45, 7) is 5.58. The van der Waals surface area contributed by atoms with Gasteiger partial charge in [0.25, 0.3) is 0 Å². The van der Waals surface area contributed by atoms with Crippen molar-refractivity contribution in [1.82, 2.24) is 14.4 Å². The number of ether oxygens (including phenoxy) is 1. The monoisotopic (exact) mass is 405 g/mol. The molecule has 0 aliphatic rings. The molecule has 1 unspecified atom stereocenters. The average Bonchev–Trinajstić information content (AvgIpc) is 3.34. The Kier molecular flexibility index (Phi) is 8.73. The molecule has 2 rings (SSSR count). The molecule has 7 heteroatoms. The number of hydrogen-bond donors (Lipinski definition) is 0. The first-order valence-corrected chi connectivity index (χ1v) is 10.5. The third-order valence-electron chi connectivity index (χ3n) is 4.98. The molecule has 0 radical (unpaired) electrons. The van der Waals surface area contributed by atoms with Crippen LogP contribution in [0.2, 0.25) is 0 Å². The van der Waals surface area contributed by atoms with E-state index in [0.29, 0.717) is 26.1 Å². The summed E-state index contributed by atoms with van der Waals surface area (Å²) in [4.78, 5) is 30.5. The number of thiophene rings is 1. The molecule has 0 aliphatic heterocycles. The standard InChI is InChI=1S/C21H31N3O3S/c1-5-17(2)24(20(25)14-19-9-7-13-28-19)16-21(26)23(11-12-27-4)15-18-8-6-10-22(18)3/h6-10,13,17H,5,11-12,14-16H2,1-4H3. The number of carbonyl (C=O) groups excluding carboxylic acids is 2. The molecule has 28 heavy (non-hydrogen) atoms. The minimum absolute atomic E-state index is 0.00397. The molecule has 0 fully saturated rings. The molecule has 6 nitrogen and oxygen atoms in total. The van der Waals surface area contributed by atoms with Crippen molar-refractivity contribution in [2.75, 3.05) is 26.8 Å². The Bertz CT molecular complexity index is 742. The zero-order valence-electron chi connectivity index (χ0n) is 17.3. The van der Waals surface area contributed by atoms with Crippen LogP contribution in [0.5, 0.6) is 0 Å². The molecule has 0 aliphatic carbocycles. The van der Waals surface area contributed by atoms with E-state index in [4.69, 9.17) is 4.74 Å². The van der Waals surface area contributed by atoms with Crippen molar-refractivity contribution in [1.29, 1.82) is 0 Å². The quantitative estimate of drug-likeness (QED) is 0.578. The molecule has 2 amide bonds. The number of rotatable bonds is 11. The van der Waals surface area contributed by atoms with E-state index in [1.165, 1.54) is 0 Å². The highest BCUT2D eigenvalue weighted by Gasteiger charge is 2.25. The van der Waals surface area contributed by atoms with E-state index in [1.54, 1.807) is 28.2 Å². The normalized spacial score (nSPS) is 12.0. The summed E-state index contributed by atoms with van der Waals surface area (Å²) in [7, 11) is 3.59. The molecule has 0 N–H and O–H groups in total. The van der Waals surface area contributed by atoms with Gasteiger partial charge in [-0.25, -0.2) is 0 Å². The minimum atomic E-state index is -0.0573. The SMILES string of the molecule is CCC(C)N(CC(=O)N(CCOC)Cc1cccn1C)C(=O)Cc1cccs1. The van der Waals surface area contributed by atoms with Gasteiger partial charge in [-0.15, -0.1) is 11.3 Å². The Morgan fingerprint density at radius 3 is 2.61 bits per heavy atom. The van der Waals surface area contributed by atoms with Crippen LogP contribution in [-0.2, 0) is 34.3 Å². The largest absolute Gasteiger partial charge is 0.383 e. The third-order valence-corrected chi connectivity index (χ3v) is 5.85. The van der Waals surface area contributed by atoms with Gasteiger partial charge in [0.2, 0.25) is 11.8 Å². The van der Waals surface area contributed by atoms with Crippen molar-refractivity contribution in [2.24, 2.45) is 7.05 Å². The van der Waals surface area contributed by atoms with Crippen LogP contribution in [0.3, 0.4) is 0 Å². The average molecular weight is 406 g/mol. The first-order valence-electron chi connectivity index (χ1n) is 9.65. The molecule has 0 saturated carbocycles. The molecule has 2 heterocycles. The van der Waals surface area contributed by atoms with E-state index >= 15 is 0 Å². The molecule has 0 aromatic carbocycles. The Morgan fingerprint density at radius 1 is 1.25 bits per heavy atom. The van der Waals surface area contributed by atoms with Crippen LogP contribution < -0.4 is 0 Å². The maximum atomic E-state index is 13.1. The molecule has 0 bridgehead atoms. The lowest BCUT2D eigenvalue weighted by Gasteiger charge is -2.31. The van der Waals surface area contributed by atoms with Crippen molar-refractivity contribution in [3.8, 4) is 0 Å². The summed E-state index contributed by atoms with van der Waals surface area (Å²) in [6, 6.07) is 7.87. The number of aryl methyl sites for hydroxylation is 1. The summed E-state index contributed by atoms with van der Waals surface area (Å²) in [5.74, 6) is -0.0613. The second-order valence-corrected chi connectivity index (χ2v) is 7.99. The second kappa shape index (κ2) is 11.0. The van der Waals surface area contributed by atoms with Gasteiger partial charge in [0, 0.05) is 43.5 Å². The molecule has 0 saturated heterocycles. The lowest BCUT2D eigenvalue weighted by atomic mass is 10.2. The lowest BCUT2D eigenvalue weighted by Crippen LogP contribution is -2.47. The van der Waals surface area contributed by atoms with Gasteiger partial charge in [-0.1, -0.05) is 13.0 Å². The van der Waals surface area contributed by atoms with Crippen molar-refractivity contribution in [3.05, 3.63) is 46.4 Å². The fourth-order valence-electron chi connectivity index (χ4n) is 2.97. The lowest BCUT2D eigenvalue weighted by molar-refractivity contribution is -0.142. The summed E-state index contributed by atoms with van der Waals surface area (Å²) in [5.41, 5.74) is 1.05. The van der Waals surface area contributed by atoms with E-state index < -0.39 is 0 Å². The number of aromatic nitrogens is 1. The maximum absolute atomic E-state index is 13.1. The number of amides is 2. The Balaban J connectivity index is 2.10. The Hall–Kier alpha value is -2.12. The fraction of sp³-hybridized carbons (Fsp3) is 0.524. The van der Waals surface area contributed by atoms with Crippen molar-refractivity contribution in [2.45, 2.75) is 39.3 Å². The van der Waals surface area contributed by atoms with Gasteiger partial charge >= 0.3 is 0 Å². The smallest absolute Gasteiger partial charge is 0.242 e. The zero-order chi connectivity index (χ0) is 20.5. The summed E-state index contributed by atoms with van der Waals surface area (Å²) in [5, 5.41) is 1.97. The second-order valence-electron chi connectivity index (χ2n) is 6.95. The summed E-state index contributed by atoms with van der Waals surface area (Å²) < 4.78 is 7.18. The predicted molar refractivity (Wildman–Crippen MR) is 112 cm³/mol. The van der Waals surface area contributed by atoms with Gasteiger partial charge in [-0.3, -0.25) is 9.59 Å². The highest BCUT2D eigenvalue weighted by Crippen LogP contribution is 2.14. The van der Waals surface area contributed by atoms with Gasteiger partial charge in [0.1, 0.15) is 6.54 Å². The van der Waals surface area contributed by atoms with E-state index in [-0.39, 0.29) is 24.4 Å². The minimum Gasteiger partial charge on any atom is -0.383 e. The molecule has 2 aromatic heterocycles. The molecular formula is C21H31N3O3S. The number of hydrogen-bond acceptors (Lipinski definition) is 4. The van der Waals surface area contributed by atoms with E-state index in [9.17, 15) is 9.59 Å². The van der Waals surface area contributed by atoms with E-state index in [1.807, 2.05) is 61.3 Å². The van der Waals surface area contributed by atoms with Crippen LogP contribution >= 0.6 is 11.3 Å². The van der Waals surface area contributed by atoms with Crippen LogP contribution in [0.25, 0.3) is 0 Å². The predicted octanol–water partition coefficient (Wildman–Crippen LogP) is 2.93. The van der Waals surface area contributed by atoms with Crippen LogP contribution in [0.1, 0.15) is 30.8 Å².